The number of halogens is 1. The highest BCUT2D eigenvalue weighted by molar-refractivity contribution is 5.76. The number of hydrogen-bond donors (Lipinski definition) is 1. The van der Waals surface area contributed by atoms with E-state index in [1.54, 1.807) is 12.1 Å². The van der Waals surface area contributed by atoms with Crippen LogP contribution in [0.25, 0.3) is 11.5 Å². The molecule has 1 heterocycles. The van der Waals surface area contributed by atoms with Gasteiger partial charge in [-0.25, -0.2) is 4.39 Å². The minimum Gasteiger partial charge on any atom is -0.421 e. The Morgan fingerprint density at radius 3 is 2.56 bits per heavy atom. The van der Waals surface area contributed by atoms with Gasteiger partial charge in [0.25, 0.3) is 0 Å². The van der Waals surface area contributed by atoms with Gasteiger partial charge in [-0.2, -0.15) is 0 Å². The van der Waals surface area contributed by atoms with Crippen LogP contribution in [0.15, 0.2) is 59.0 Å². The molecule has 0 saturated carbocycles. The van der Waals surface area contributed by atoms with Crippen LogP contribution < -0.4 is 5.32 Å². The van der Waals surface area contributed by atoms with E-state index in [2.05, 4.69) is 15.5 Å². The predicted molar refractivity (Wildman–Crippen MR) is 91.0 cm³/mol. The lowest BCUT2D eigenvalue weighted by Crippen LogP contribution is -2.26. The zero-order valence-electron chi connectivity index (χ0n) is 13.8. The van der Waals surface area contributed by atoms with Crippen molar-refractivity contribution < 1.29 is 13.6 Å². The van der Waals surface area contributed by atoms with Gasteiger partial charge in [0.2, 0.25) is 17.7 Å². The summed E-state index contributed by atoms with van der Waals surface area (Å²) in [6.07, 6.45) is 0.601. The summed E-state index contributed by atoms with van der Waals surface area (Å²) in [5.41, 5.74) is 1.69. The number of nitrogens with zero attached hydrogens (tertiary/aromatic N) is 2. The topological polar surface area (TPSA) is 68.0 Å². The number of amides is 1. The normalized spacial score (nSPS) is 11.9. The van der Waals surface area contributed by atoms with E-state index in [-0.39, 0.29) is 24.2 Å². The molecule has 128 valence electrons. The van der Waals surface area contributed by atoms with Crippen LogP contribution in [-0.4, -0.2) is 16.1 Å². The molecule has 0 radical (unpaired) electrons. The minimum atomic E-state index is -0.326. The molecule has 1 aromatic heterocycles. The first-order valence-corrected chi connectivity index (χ1v) is 8.04. The van der Waals surface area contributed by atoms with Crippen LogP contribution in [0, 0.1) is 5.82 Å². The fourth-order valence-corrected chi connectivity index (χ4v) is 2.42. The Morgan fingerprint density at radius 1 is 1.12 bits per heavy atom. The van der Waals surface area contributed by atoms with E-state index in [4.69, 9.17) is 4.42 Å². The third-order valence-corrected chi connectivity index (χ3v) is 3.80. The molecule has 0 fully saturated rings. The number of carbonyl (C=O) groups is 1. The van der Waals surface area contributed by atoms with Gasteiger partial charge >= 0.3 is 0 Å². The third-order valence-electron chi connectivity index (χ3n) is 3.80. The summed E-state index contributed by atoms with van der Waals surface area (Å²) in [5, 5.41) is 10.8. The molecule has 3 aromatic rings. The fourth-order valence-electron chi connectivity index (χ4n) is 2.42. The number of aryl methyl sites for hydroxylation is 1. The molecule has 6 heteroatoms. The number of nitrogens with one attached hydrogen (secondary N) is 1. The monoisotopic (exact) mass is 339 g/mol. The molecule has 0 aliphatic carbocycles. The average Bonchev–Trinajstić information content (AvgIpc) is 3.10. The lowest BCUT2D eigenvalue weighted by atomic mass is 10.1. The van der Waals surface area contributed by atoms with Crippen molar-refractivity contribution in [1.29, 1.82) is 0 Å². The number of hydrogen-bond acceptors (Lipinski definition) is 4. The highest BCUT2D eigenvalue weighted by atomic mass is 19.1. The van der Waals surface area contributed by atoms with Crippen molar-refractivity contribution in [1.82, 2.24) is 15.5 Å². The molecule has 25 heavy (non-hydrogen) atoms. The molecule has 0 aliphatic heterocycles. The van der Waals surface area contributed by atoms with Gasteiger partial charge in [0, 0.05) is 18.4 Å². The van der Waals surface area contributed by atoms with Crippen LogP contribution in [-0.2, 0) is 11.2 Å². The van der Waals surface area contributed by atoms with E-state index in [0.29, 0.717) is 23.8 Å². The third kappa shape index (κ3) is 4.50. The summed E-state index contributed by atoms with van der Waals surface area (Å²) in [7, 11) is 0. The Labute approximate surface area is 144 Å². The summed E-state index contributed by atoms with van der Waals surface area (Å²) in [6, 6.07) is 15.5. The molecule has 1 unspecified atom stereocenters. The van der Waals surface area contributed by atoms with Crippen molar-refractivity contribution in [3.05, 3.63) is 71.9 Å². The molecule has 0 bridgehead atoms. The first kappa shape index (κ1) is 16.8. The van der Waals surface area contributed by atoms with Gasteiger partial charge in [0.1, 0.15) is 5.82 Å². The quantitative estimate of drug-likeness (QED) is 0.744. The molecule has 1 N–H and O–H groups in total. The maximum absolute atomic E-state index is 12.9. The highest BCUT2D eigenvalue weighted by Gasteiger charge is 2.13. The number of aromatic nitrogens is 2. The van der Waals surface area contributed by atoms with Crippen molar-refractivity contribution in [2.75, 3.05) is 0 Å². The van der Waals surface area contributed by atoms with Crippen LogP contribution >= 0.6 is 0 Å². The van der Waals surface area contributed by atoms with E-state index in [0.717, 1.165) is 5.56 Å². The van der Waals surface area contributed by atoms with E-state index < -0.39 is 0 Å². The Kier molecular flexibility index (Phi) is 5.18. The van der Waals surface area contributed by atoms with E-state index in [1.807, 2.05) is 37.3 Å². The SMILES string of the molecule is CC(NC(=O)CCc1nnc(-c2ccc(F)cc2)o1)c1ccccc1. The van der Waals surface area contributed by atoms with Crippen LogP contribution in [0.1, 0.15) is 30.8 Å². The molecule has 2 aromatic carbocycles. The van der Waals surface area contributed by atoms with Crippen molar-refractivity contribution in [2.24, 2.45) is 0 Å². The van der Waals surface area contributed by atoms with E-state index >= 15 is 0 Å². The van der Waals surface area contributed by atoms with E-state index in [9.17, 15) is 9.18 Å². The second-order valence-corrected chi connectivity index (χ2v) is 5.71. The number of benzene rings is 2. The van der Waals surface area contributed by atoms with Crippen LogP contribution in [0.5, 0.6) is 0 Å². The first-order chi connectivity index (χ1) is 12.1. The zero-order chi connectivity index (χ0) is 17.6. The Balaban J connectivity index is 1.53. The standard InChI is InChI=1S/C19H18FN3O2/c1-13(14-5-3-2-4-6-14)21-17(24)11-12-18-22-23-19(25-18)15-7-9-16(20)10-8-15/h2-10,13H,11-12H2,1H3,(H,21,24). The maximum atomic E-state index is 12.9. The van der Waals surface area contributed by atoms with Crippen molar-refractivity contribution in [3.63, 3.8) is 0 Å². The van der Waals surface area contributed by atoms with Crippen molar-refractivity contribution >= 4 is 5.91 Å². The zero-order valence-corrected chi connectivity index (χ0v) is 13.8. The molecule has 3 rings (SSSR count). The largest absolute Gasteiger partial charge is 0.421 e. The van der Waals surface area contributed by atoms with Gasteiger partial charge < -0.3 is 9.73 Å². The van der Waals surface area contributed by atoms with Gasteiger partial charge in [-0.1, -0.05) is 30.3 Å². The summed E-state index contributed by atoms with van der Waals surface area (Å²) in [6.45, 7) is 1.94. The first-order valence-electron chi connectivity index (χ1n) is 8.04. The molecule has 1 amide bonds. The number of rotatable bonds is 6. The van der Waals surface area contributed by atoms with Crippen LogP contribution in [0.3, 0.4) is 0 Å². The fraction of sp³-hybridized carbons (Fsp3) is 0.211. The molecule has 0 saturated heterocycles. The molecule has 0 spiro atoms. The maximum Gasteiger partial charge on any atom is 0.247 e. The summed E-state index contributed by atoms with van der Waals surface area (Å²) < 4.78 is 18.5. The minimum absolute atomic E-state index is 0.0637. The van der Waals surface area contributed by atoms with Crippen molar-refractivity contribution in [2.45, 2.75) is 25.8 Å². The molecule has 5 nitrogen and oxygen atoms in total. The van der Waals surface area contributed by atoms with Gasteiger partial charge in [0.05, 0.1) is 6.04 Å². The van der Waals surface area contributed by atoms with Gasteiger partial charge in [-0.05, 0) is 36.8 Å². The second kappa shape index (κ2) is 7.70. The second-order valence-electron chi connectivity index (χ2n) is 5.71. The molecular weight excluding hydrogens is 321 g/mol. The molecule has 1 atom stereocenters. The number of carbonyl (C=O) groups excluding carboxylic acids is 1. The highest BCUT2D eigenvalue weighted by Crippen LogP contribution is 2.18. The Morgan fingerprint density at radius 2 is 1.84 bits per heavy atom. The molecule has 0 aliphatic rings. The van der Waals surface area contributed by atoms with Crippen LogP contribution in [0.2, 0.25) is 0 Å². The average molecular weight is 339 g/mol. The van der Waals surface area contributed by atoms with Gasteiger partial charge in [-0.3, -0.25) is 4.79 Å². The van der Waals surface area contributed by atoms with Crippen LogP contribution in [0.4, 0.5) is 4.39 Å². The lowest BCUT2D eigenvalue weighted by molar-refractivity contribution is -0.121. The summed E-state index contributed by atoms with van der Waals surface area (Å²) in [5.74, 6) is 0.278. The van der Waals surface area contributed by atoms with Crippen molar-refractivity contribution in [3.8, 4) is 11.5 Å². The van der Waals surface area contributed by atoms with E-state index in [1.165, 1.54) is 12.1 Å². The summed E-state index contributed by atoms with van der Waals surface area (Å²) >= 11 is 0. The Hall–Kier alpha value is -3.02. The predicted octanol–water partition coefficient (Wildman–Crippen LogP) is 3.69. The lowest BCUT2D eigenvalue weighted by Gasteiger charge is -2.13. The smallest absolute Gasteiger partial charge is 0.247 e. The van der Waals surface area contributed by atoms with Gasteiger partial charge in [0.15, 0.2) is 0 Å². The Bertz CT molecular complexity index is 831. The summed E-state index contributed by atoms with van der Waals surface area (Å²) in [4.78, 5) is 12.1. The van der Waals surface area contributed by atoms with Gasteiger partial charge in [-0.15, -0.1) is 10.2 Å². The molecular formula is C19H18FN3O2.